The van der Waals surface area contributed by atoms with Gasteiger partial charge in [-0.1, -0.05) is 0 Å². The van der Waals surface area contributed by atoms with Gasteiger partial charge in [-0.05, 0) is 34.6 Å². The first-order chi connectivity index (χ1) is 9.64. The Morgan fingerprint density at radius 1 is 1.38 bits per heavy atom. The number of hydrogen-bond acceptors (Lipinski definition) is 7. The monoisotopic (exact) mass is 298 g/mol. The molecule has 0 aromatic carbocycles. The van der Waals surface area contributed by atoms with Crippen molar-refractivity contribution in [1.82, 2.24) is 9.97 Å². The number of carbonyl (C=O) groups excluding carboxylic acids is 1. The maximum absolute atomic E-state index is 11.7. The third-order valence-electron chi connectivity index (χ3n) is 2.11. The number of ether oxygens (including phenoxy) is 2. The Morgan fingerprint density at radius 2 is 2.00 bits per heavy atom. The van der Waals surface area contributed by atoms with Crippen LogP contribution < -0.4 is 10.1 Å². The van der Waals surface area contributed by atoms with Crippen molar-refractivity contribution in [3.63, 3.8) is 0 Å². The van der Waals surface area contributed by atoms with Crippen LogP contribution in [0.2, 0.25) is 0 Å². The summed E-state index contributed by atoms with van der Waals surface area (Å²) in [6.45, 7) is 8.49. The summed E-state index contributed by atoms with van der Waals surface area (Å²) in [4.78, 5) is 29.8. The fraction of sp³-hybridized carbons (Fsp3) is 0.583. The number of nitrogens with one attached hydrogen (secondary N) is 1. The first-order valence-electron chi connectivity index (χ1n) is 6.30. The number of nitro groups is 1. The van der Waals surface area contributed by atoms with E-state index in [0.29, 0.717) is 6.61 Å². The third-order valence-corrected chi connectivity index (χ3v) is 2.11. The van der Waals surface area contributed by atoms with E-state index in [4.69, 9.17) is 9.47 Å². The van der Waals surface area contributed by atoms with Gasteiger partial charge in [0.05, 0.1) is 11.5 Å². The molecule has 0 aliphatic rings. The Bertz CT molecular complexity index is 553. The van der Waals surface area contributed by atoms with Crippen molar-refractivity contribution < 1.29 is 19.2 Å². The minimum Gasteiger partial charge on any atom is -0.464 e. The third kappa shape index (κ3) is 4.86. The topological polar surface area (TPSA) is 116 Å². The van der Waals surface area contributed by atoms with Crippen molar-refractivity contribution in [1.29, 1.82) is 0 Å². The van der Waals surface area contributed by atoms with Crippen molar-refractivity contribution in [2.75, 3.05) is 11.9 Å². The van der Waals surface area contributed by atoms with Gasteiger partial charge in [-0.2, -0.15) is 9.97 Å². The van der Waals surface area contributed by atoms with Crippen LogP contribution >= 0.6 is 0 Å². The van der Waals surface area contributed by atoms with Gasteiger partial charge in [-0.3, -0.25) is 15.4 Å². The summed E-state index contributed by atoms with van der Waals surface area (Å²) < 4.78 is 10.1. The molecule has 0 aliphatic heterocycles. The van der Waals surface area contributed by atoms with Crippen molar-refractivity contribution in [3.8, 4) is 6.01 Å². The lowest BCUT2D eigenvalue weighted by atomic mass is 10.2. The fourth-order valence-electron chi connectivity index (χ4n) is 1.44. The summed E-state index contributed by atoms with van der Waals surface area (Å²) in [5, 5.41) is 13.3. The smallest absolute Gasteiger partial charge is 0.413 e. The molecule has 0 unspecified atom stereocenters. The van der Waals surface area contributed by atoms with Crippen LogP contribution in [0.4, 0.5) is 16.3 Å². The molecule has 0 fully saturated rings. The minimum atomic E-state index is -0.842. The second-order valence-electron chi connectivity index (χ2n) is 5.11. The van der Waals surface area contributed by atoms with E-state index in [1.54, 1.807) is 27.7 Å². The van der Waals surface area contributed by atoms with Gasteiger partial charge in [0.2, 0.25) is 5.82 Å². The maximum Gasteiger partial charge on any atom is 0.413 e. The second kappa shape index (κ2) is 6.33. The van der Waals surface area contributed by atoms with Gasteiger partial charge in [0.15, 0.2) is 0 Å². The zero-order chi connectivity index (χ0) is 16.2. The highest BCUT2D eigenvalue weighted by Gasteiger charge is 2.26. The molecule has 1 rings (SSSR count). The molecule has 0 bridgehead atoms. The average molecular weight is 298 g/mol. The van der Waals surface area contributed by atoms with Crippen LogP contribution in [0, 0.1) is 17.0 Å². The molecular formula is C12H18N4O5. The second-order valence-corrected chi connectivity index (χ2v) is 5.11. The maximum atomic E-state index is 11.7. The summed E-state index contributed by atoms with van der Waals surface area (Å²) in [5.41, 5.74) is -1.04. The Morgan fingerprint density at radius 3 is 2.48 bits per heavy atom. The van der Waals surface area contributed by atoms with Crippen molar-refractivity contribution in [2.45, 2.75) is 40.2 Å². The summed E-state index contributed by atoms with van der Waals surface area (Å²) in [7, 11) is 0. The van der Waals surface area contributed by atoms with E-state index in [1.807, 2.05) is 0 Å². The molecule has 0 radical (unpaired) electrons. The average Bonchev–Trinajstić information content (AvgIpc) is 2.24. The molecule has 0 saturated carbocycles. The number of carbonyl (C=O) groups is 1. The van der Waals surface area contributed by atoms with Crippen molar-refractivity contribution >= 4 is 17.6 Å². The minimum absolute atomic E-state index is 0.0494. The van der Waals surface area contributed by atoms with Crippen LogP contribution in [0.3, 0.4) is 0 Å². The standard InChI is InChI=1S/C12H18N4O5/c1-6-20-10-13-7(2)8(16(18)19)9(14-10)15-11(17)21-12(3,4)5/h6H2,1-5H3,(H,13,14,15,17). The van der Waals surface area contributed by atoms with Gasteiger partial charge in [0.1, 0.15) is 11.3 Å². The van der Waals surface area contributed by atoms with Crippen molar-refractivity contribution in [3.05, 3.63) is 15.8 Å². The molecule has 0 aliphatic carbocycles. The van der Waals surface area contributed by atoms with Gasteiger partial charge in [-0.15, -0.1) is 0 Å². The summed E-state index contributed by atoms with van der Waals surface area (Å²) in [6, 6.07) is -0.0494. The number of amides is 1. The normalized spacial score (nSPS) is 10.9. The highest BCUT2D eigenvalue weighted by Crippen LogP contribution is 2.27. The summed E-state index contributed by atoms with van der Waals surface area (Å²) in [6.07, 6.45) is -0.842. The quantitative estimate of drug-likeness (QED) is 0.670. The number of anilines is 1. The highest BCUT2D eigenvalue weighted by molar-refractivity contribution is 5.86. The Labute approximate surface area is 121 Å². The van der Waals surface area contributed by atoms with Gasteiger partial charge in [0, 0.05) is 0 Å². The Kier molecular flexibility index (Phi) is 5.01. The fourth-order valence-corrected chi connectivity index (χ4v) is 1.44. The van der Waals surface area contributed by atoms with Gasteiger partial charge < -0.3 is 9.47 Å². The molecule has 0 atom stereocenters. The van der Waals surface area contributed by atoms with Crippen molar-refractivity contribution in [2.24, 2.45) is 0 Å². The van der Waals surface area contributed by atoms with Crippen LogP contribution in [0.15, 0.2) is 0 Å². The number of nitrogens with zero attached hydrogens (tertiary/aromatic N) is 3. The summed E-state index contributed by atoms with van der Waals surface area (Å²) >= 11 is 0. The largest absolute Gasteiger partial charge is 0.464 e. The molecular weight excluding hydrogens is 280 g/mol. The van der Waals surface area contributed by atoms with E-state index < -0.39 is 22.3 Å². The molecule has 0 saturated heterocycles. The predicted octanol–water partition coefficient (Wildman–Crippen LogP) is 2.44. The molecule has 9 heteroatoms. The van der Waals surface area contributed by atoms with E-state index in [-0.39, 0.29) is 17.5 Å². The van der Waals surface area contributed by atoms with E-state index in [1.165, 1.54) is 6.92 Å². The number of hydrogen-bond donors (Lipinski definition) is 1. The first kappa shape index (κ1) is 16.6. The SMILES string of the molecule is CCOc1nc(C)c([N+](=O)[O-])c(NC(=O)OC(C)(C)C)n1. The van der Waals surface area contributed by atoms with Crippen LogP contribution in [0.5, 0.6) is 6.01 Å². The van der Waals surface area contributed by atoms with Gasteiger partial charge >= 0.3 is 17.8 Å². The van der Waals surface area contributed by atoms with E-state index in [0.717, 1.165) is 0 Å². The van der Waals surface area contributed by atoms with Crippen LogP contribution in [-0.4, -0.2) is 33.2 Å². The molecule has 1 aromatic heterocycles. The molecule has 9 nitrogen and oxygen atoms in total. The van der Waals surface area contributed by atoms with Gasteiger partial charge in [0.25, 0.3) is 0 Å². The van der Waals surface area contributed by atoms with Gasteiger partial charge in [-0.25, -0.2) is 4.79 Å². The number of aryl methyl sites for hydroxylation is 1. The molecule has 1 heterocycles. The van der Waals surface area contributed by atoms with Crippen LogP contribution in [-0.2, 0) is 4.74 Å². The molecule has 1 amide bonds. The van der Waals surface area contributed by atoms with Crippen LogP contribution in [0.25, 0.3) is 0 Å². The molecule has 1 aromatic rings. The zero-order valence-corrected chi connectivity index (χ0v) is 12.6. The van der Waals surface area contributed by atoms with E-state index in [2.05, 4.69) is 15.3 Å². The molecule has 116 valence electrons. The zero-order valence-electron chi connectivity index (χ0n) is 12.6. The Hall–Kier alpha value is -2.45. The molecule has 0 spiro atoms. The van der Waals surface area contributed by atoms with E-state index >= 15 is 0 Å². The highest BCUT2D eigenvalue weighted by atomic mass is 16.6. The van der Waals surface area contributed by atoms with Crippen LogP contribution in [0.1, 0.15) is 33.4 Å². The lowest BCUT2D eigenvalue weighted by molar-refractivity contribution is -0.385. The lowest BCUT2D eigenvalue weighted by Crippen LogP contribution is -2.28. The first-order valence-corrected chi connectivity index (χ1v) is 6.30. The number of rotatable bonds is 4. The summed E-state index contributed by atoms with van der Waals surface area (Å²) in [5.74, 6) is -0.259. The predicted molar refractivity (Wildman–Crippen MR) is 74.4 cm³/mol. The van der Waals surface area contributed by atoms with E-state index in [9.17, 15) is 14.9 Å². The molecule has 21 heavy (non-hydrogen) atoms. The number of aromatic nitrogens is 2. The Balaban J connectivity index is 3.13. The molecule has 1 N–H and O–H groups in total. The lowest BCUT2D eigenvalue weighted by Gasteiger charge is -2.19.